The van der Waals surface area contributed by atoms with Crippen LogP contribution in [0.1, 0.15) is 23.5 Å². The van der Waals surface area contributed by atoms with Crippen molar-refractivity contribution in [3.8, 4) is 5.75 Å². The number of hydrogen-bond acceptors (Lipinski definition) is 3. The van der Waals surface area contributed by atoms with E-state index in [2.05, 4.69) is 32.6 Å². The standard InChI is InChI=1S/C19H27N5O.HI/c1-20-19(21-10-8-15-6-4-5-7-18(15)25-3)24-11-9-16(14-24)17-12-22-23(2)13-17;/h4-7,12-13,16H,8-11,14H2,1-3H3,(H,20,21);1H. The highest BCUT2D eigenvalue weighted by Gasteiger charge is 2.26. The zero-order valence-corrected chi connectivity index (χ0v) is 18.0. The molecular formula is C19H28IN5O. The lowest BCUT2D eigenvalue weighted by Gasteiger charge is -2.21. The number of nitrogens with one attached hydrogen (secondary N) is 1. The van der Waals surface area contributed by atoms with Gasteiger partial charge in [-0.05, 0) is 30.0 Å². The molecule has 1 N–H and O–H groups in total. The third kappa shape index (κ3) is 4.90. The van der Waals surface area contributed by atoms with E-state index >= 15 is 0 Å². The Kier molecular flexibility index (Phi) is 7.74. The molecule has 0 radical (unpaired) electrons. The highest BCUT2D eigenvalue weighted by atomic mass is 127. The summed E-state index contributed by atoms with van der Waals surface area (Å²) in [4.78, 5) is 6.79. The maximum absolute atomic E-state index is 5.42. The van der Waals surface area contributed by atoms with E-state index in [1.807, 2.05) is 43.2 Å². The molecule has 1 saturated heterocycles. The van der Waals surface area contributed by atoms with E-state index in [9.17, 15) is 0 Å². The van der Waals surface area contributed by atoms with E-state index in [1.54, 1.807) is 7.11 Å². The Morgan fingerprint density at radius 1 is 1.38 bits per heavy atom. The molecule has 0 saturated carbocycles. The number of para-hydroxylation sites is 1. The van der Waals surface area contributed by atoms with E-state index in [0.29, 0.717) is 5.92 Å². The zero-order chi connectivity index (χ0) is 17.6. The molecule has 142 valence electrons. The molecule has 26 heavy (non-hydrogen) atoms. The van der Waals surface area contributed by atoms with E-state index in [4.69, 9.17) is 4.74 Å². The molecule has 0 bridgehead atoms. The lowest BCUT2D eigenvalue weighted by molar-refractivity contribution is 0.409. The molecule has 6 nitrogen and oxygen atoms in total. The van der Waals surface area contributed by atoms with Crippen molar-refractivity contribution in [2.45, 2.75) is 18.8 Å². The second-order valence-corrected chi connectivity index (χ2v) is 6.41. The molecule has 1 aliphatic rings. The van der Waals surface area contributed by atoms with Crippen LogP contribution in [-0.4, -0.2) is 54.4 Å². The lowest BCUT2D eigenvalue weighted by atomic mass is 10.0. The van der Waals surface area contributed by atoms with Crippen LogP contribution in [0.25, 0.3) is 0 Å². The van der Waals surface area contributed by atoms with Crippen LogP contribution >= 0.6 is 24.0 Å². The van der Waals surface area contributed by atoms with Gasteiger partial charge in [0.25, 0.3) is 0 Å². The van der Waals surface area contributed by atoms with Crippen LogP contribution in [0.4, 0.5) is 0 Å². The largest absolute Gasteiger partial charge is 0.496 e. The number of methoxy groups -OCH3 is 1. The topological polar surface area (TPSA) is 54.7 Å². The van der Waals surface area contributed by atoms with Gasteiger partial charge in [-0.3, -0.25) is 9.67 Å². The first-order valence-corrected chi connectivity index (χ1v) is 8.77. The maximum atomic E-state index is 5.42. The quantitative estimate of drug-likeness (QED) is 0.416. The second-order valence-electron chi connectivity index (χ2n) is 6.41. The van der Waals surface area contributed by atoms with Gasteiger partial charge in [-0.2, -0.15) is 5.10 Å². The van der Waals surface area contributed by atoms with Crippen LogP contribution in [0.15, 0.2) is 41.7 Å². The summed E-state index contributed by atoms with van der Waals surface area (Å²) in [6.45, 7) is 2.84. The fourth-order valence-electron chi connectivity index (χ4n) is 3.43. The highest BCUT2D eigenvalue weighted by molar-refractivity contribution is 14.0. The number of halogens is 1. The van der Waals surface area contributed by atoms with Gasteiger partial charge < -0.3 is 15.0 Å². The molecule has 1 aromatic heterocycles. The normalized spacial score (nSPS) is 17.1. The SMILES string of the molecule is CN=C(NCCc1ccccc1OC)N1CCC(c2cnn(C)c2)C1.I. The van der Waals surface area contributed by atoms with Crippen LogP contribution in [0.2, 0.25) is 0 Å². The molecule has 1 fully saturated rings. The van der Waals surface area contributed by atoms with Gasteiger partial charge in [0, 0.05) is 45.8 Å². The van der Waals surface area contributed by atoms with Crippen molar-refractivity contribution < 1.29 is 4.74 Å². The molecule has 1 atom stereocenters. The third-order valence-corrected chi connectivity index (χ3v) is 4.77. The van der Waals surface area contributed by atoms with Gasteiger partial charge in [0.15, 0.2) is 5.96 Å². The third-order valence-electron chi connectivity index (χ3n) is 4.77. The Bertz CT molecular complexity index is 730. The molecule has 1 aromatic carbocycles. The maximum Gasteiger partial charge on any atom is 0.193 e. The Balaban J connectivity index is 0.00000243. The number of guanidine groups is 1. The first-order chi connectivity index (χ1) is 12.2. The molecule has 7 heteroatoms. The van der Waals surface area contributed by atoms with Gasteiger partial charge in [-0.15, -0.1) is 24.0 Å². The van der Waals surface area contributed by atoms with Gasteiger partial charge in [-0.1, -0.05) is 18.2 Å². The molecule has 1 aliphatic heterocycles. The highest BCUT2D eigenvalue weighted by Crippen LogP contribution is 2.26. The lowest BCUT2D eigenvalue weighted by Crippen LogP contribution is -2.40. The number of aryl methyl sites for hydroxylation is 1. The average molecular weight is 469 g/mol. The monoisotopic (exact) mass is 469 g/mol. The molecule has 1 unspecified atom stereocenters. The number of aromatic nitrogens is 2. The summed E-state index contributed by atoms with van der Waals surface area (Å²) >= 11 is 0. The predicted octanol–water partition coefficient (Wildman–Crippen LogP) is 2.65. The summed E-state index contributed by atoms with van der Waals surface area (Å²) < 4.78 is 7.29. The number of rotatable bonds is 5. The molecule has 3 rings (SSSR count). The van der Waals surface area contributed by atoms with Crippen molar-refractivity contribution in [2.24, 2.45) is 12.0 Å². The van der Waals surface area contributed by atoms with Crippen molar-refractivity contribution in [1.82, 2.24) is 20.0 Å². The van der Waals surface area contributed by atoms with Crippen molar-refractivity contribution in [1.29, 1.82) is 0 Å². The molecule has 0 amide bonds. The van der Waals surface area contributed by atoms with E-state index in [1.165, 1.54) is 11.1 Å². The molecule has 2 heterocycles. The Labute approximate surface area is 172 Å². The van der Waals surface area contributed by atoms with Crippen LogP contribution in [0, 0.1) is 0 Å². The van der Waals surface area contributed by atoms with Crippen LogP contribution in [0.5, 0.6) is 5.75 Å². The smallest absolute Gasteiger partial charge is 0.193 e. The number of ether oxygens (including phenoxy) is 1. The number of nitrogens with zero attached hydrogens (tertiary/aromatic N) is 4. The predicted molar refractivity (Wildman–Crippen MR) is 116 cm³/mol. The fourth-order valence-corrected chi connectivity index (χ4v) is 3.43. The van der Waals surface area contributed by atoms with E-state index in [-0.39, 0.29) is 24.0 Å². The Morgan fingerprint density at radius 3 is 2.88 bits per heavy atom. The summed E-state index contributed by atoms with van der Waals surface area (Å²) in [6.07, 6.45) is 6.14. The van der Waals surface area contributed by atoms with Gasteiger partial charge >= 0.3 is 0 Å². The van der Waals surface area contributed by atoms with Crippen molar-refractivity contribution in [3.05, 3.63) is 47.8 Å². The van der Waals surface area contributed by atoms with Gasteiger partial charge in [0.05, 0.1) is 13.3 Å². The minimum absolute atomic E-state index is 0. The first-order valence-electron chi connectivity index (χ1n) is 8.77. The van der Waals surface area contributed by atoms with Gasteiger partial charge in [0.2, 0.25) is 0 Å². The van der Waals surface area contributed by atoms with Crippen molar-refractivity contribution in [2.75, 3.05) is 33.8 Å². The minimum Gasteiger partial charge on any atom is -0.496 e. The number of aliphatic imine (C=N–C) groups is 1. The zero-order valence-electron chi connectivity index (χ0n) is 15.7. The Morgan fingerprint density at radius 2 is 2.19 bits per heavy atom. The van der Waals surface area contributed by atoms with Gasteiger partial charge in [0.1, 0.15) is 5.75 Å². The second kappa shape index (κ2) is 9.80. The van der Waals surface area contributed by atoms with Gasteiger partial charge in [-0.25, -0.2) is 0 Å². The van der Waals surface area contributed by atoms with Crippen LogP contribution < -0.4 is 10.1 Å². The number of benzene rings is 1. The van der Waals surface area contributed by atoms with Crippen molar-refractivity contribution in [3.63, 3.8) is 0 Å². The average Bonchev–Trinajstić information content (AvgIpc) is 3.28. The summed E-state index contributed by atoms with van der Waals surface area (Å²) in [7, 11) is 5.53. The first kappa shape index (κ1) is 20.5. The summed E-state index contributed by atoms with van der Waals surface area (Å²) in [6, 6.07) is 8.16. The molecule has 0 spiro atoms. The molecule has 2 aromatic rings. The van der Waals surface area contributed by atoms with Crippen molar-refractivity contribution >= 4 is 29.9 Å². The van der Waals surface area contributed by atoms with Crippen LogP contribution in [0.3, 0.4) is 0 Å². The number of hydrogen-bond donors (Lipinski definition) is 1. The van der Waals surface area contributed by atoms with Crippen LogP contribution in [-0.2, 0) is 13.5 Å². The molecule has 0 aliphatic carbocycles. The summed E-state index contributed by atoms with van der Waals surface area (Å²) in [5, 5.41) is 7.78. The number of likely N-dealkylation sites (tertiary alicyclic amines) is 1. The van der Waals surface area contributed by atoms with E-state index in [0.717, 1.165) is 44.2 Å². The summed E-state index contributed by atoms with van der Waals surface area (Å²) in [5.74, 6) is 2.44. The Hall–Kier alpha value is -1.77. The minimum atomic E-state index is 0. The molecular weight excluding hydrogens is 441 g/mol. The summed E-state index contributed by atoms with van der Waals surface area (Å²) in [5.41, 5.74) is 2.53. The van der Waals surface area contributed by atoms with E-state index < -0.39 is 0 Å². The fraction of sp³-hybridized carbons (Fsp3) is 0.474.